The molecule has 0 spiro atoms. The lowest BCUT2D eigenvalue weighted by atomic mass is 9.94. The molecule has 17 heavy (non-hydrogen) atoms. The third kappa shape index (κ3) is 2.56. The van der Waals surface area contributed by atoms with E-state index in [0.29, 0.717) is 29.1 Å². The first-order valence-corrected chi connectivity index (χ1v) is 5.60. The smallest absolute Gasteiger partial charge is 0.149 e. The zero-order chi connectivity index (χ0) is 12.1. The monoisotopic (exact) mass is 230 g/mol. The van der Waals surface area contributed by atoms with Crippen LogP contribution >= 0.6 is 0 Å². The lowest BCUT2D eigenvalue weighted by molar-refractivity contribution is -0.105. The van der Waals surface area contributed by atoms with Gasteiger partial charge in [0, 0.05) is 11.1 Å². The lowest BCUT2D eigenvalue weighted by Crippen LogP contribution is -2.10. The highest BCUT2D eigenvalue weighted by Gasteiger charge is 2.19. The van der Waals surface area contributed by atoms with Crippen LogP contribution in [0, 0.1) is 0 Å². The van der Waals surface area contributed by atoms with Crippen molar-refractivity contribution in [3.8, 4) is 5.75 Å². The van der Waals surface area contributed by atoms with Crippen LogP contribution in [0.25, 0.3) is 0 Å². The summed E-state index contributed by atoms with van der Waals surface area (Å²) < 4.78 is 5.68. The molecule has 0 aromatic heterocycles. The Hall–Kier alpha value is -2.03. The minimum Gasteiger partial charge on any atom is -0.515 e. The molecule has 0 amide bonds. The molecule has 1 aromatic rings. The number of hydrogen-bond acceptors (Lipinski definition) is 3. The van der Waals surface area contributed by atoms with E-state index in [1.165, 1.54) is 0 Å². The first kappa shape index (κ1) is 11.5. The Kier molecular flexibility index (Phi) is 3.60. The fourth-order valence-electron chi connectivity index (χ4n) is 1.88. The standard InChI is InChI=1S/C14H14O3/c15-9-11-5-4-6-12(10-16)14(11)17-13-7-2-1-3-8-13/h1-3,7-10,15H,4-6H2. The first-order chi connectivity index (χ1) is 8.35. The van der Waals surface area contributed by atoms with Gasteiger partial charge in [-0.3, -0.25) is 4.79 Å². The highest BCUT2D eigenvalue weighted by molar-refractivity contribution is 5.76. The minimum absolute atomic E-state index is 0.500. The quantitative estimate of drug-likeness (QED) is 0.641. The van der Waals surface area contributed by atoms with Crippen molar-refractivity contribution in [1.82, 2.24) is 0 Å². The number of benzene rings is 1. The summed E-state index contributed by atoms with van der Waals surface area (Å²) in [5.41, 5.74) is 1.29. The summed E-state index contributed by atoms with van der Waals surface area (Å²) in [7, 11) is 0. The van der Waals surface area contributed by atoms with Crippen molar-refractivity contribution in [1.29, 1.82) is 0 Å². The summed E-state index contributed by atoms with van der Waals surface area (Å²) >= 11 is 0. The van der Waals surface area contributed by atoms with E-state index < -0.39 is 0 Å². The molecule has 1 N–H and O–H groups in total. The molecule has 0 saturated carbocycles. The Labute approximate surface area is 100 Å². The molecule has 0 heterocycles. The van der Waals surface area contributed by atoms with Gasteiger partial charge in [-0.25, -0.2) is 0 Å². The summed E-state index contributed by atoms with van der Waals surface area (Å²) in [5.74, 6) is 1.17. The predicted molar refractivity (Wildman–Crippen MR) is 64.7 cm³/mol. The molecule has 1 aliphatic carbocycles. The van der Waals surface area contributed by atoms with E-state index in [1.54, 1.807) is 0 Å². The Morgan fingerprint density at radius 2 is 1.94 bits per heavy atom. The molecule has 88 valence electrons. The van der Waals surface area contributed by atoms with Crippen LogP contribution in [-0.4, -0.2) is 11.4 Å². The summed E-state index contributed by atoms with van der Waals surface area (Å²) in [6, 6.07) is 9.26. The molecule has 0 unspecified atom stereocenters. The normalized spacial score (nSPS) is 18.2. The molecule has 3 nitrogen and oxygen atoms in total. The van der Waals surface area contributed by atoms with Crippen molar-refractivity contribution in [2.75, 3.05) is 0 Å². The second-order valence-electron chi connectivity index (χ2n) is 3.90. The highest BCUT2D eigenvalue weighted by Crippen LogP contribution is 2.30. The number of aldehydes is 1. The van der Waals surface area contributed by atoms with Crippen molar-refractivity contribution in [3.63, 3.8) is 0 Å². The molecule has 1 aromatic carbocycles. The molecule has 3 heteroatoms. The van der Waals surface area contributed by atoms with Gasteiger partial charge in [0.25, 0.3) is 0 Å². The number of rotatable bonds is 3. The summed E-state index contributed by atoms with van der Waals surface area (Å²) in [4.78, 5) is 11.0. The third-order valence-electron chi connectivity index (χ3n) is 2.74. The maximum absolute atomic E-state index is 11.0. The fraction of sp³-hybridized carbons (Fsp3) is 0.214. The van der Waals surface area contributed by atoms with Gasteiger partial charge in [0.1, 0.15) is 17.8 Å². The maximum atomic E-state index is 11.0. The highest BCUT2D eigenvalue weighted by atomic mass is 16.5. The number of hydrogen-bond donors (Lipinski definition) is 1. The zero-order valence-electron chi connectivity index (χ0n) is 9.43. The Bertz CT molecular complexity index is 458. The van der Waals surface area contributed by atoms with Gasteiger partial charge in [-0.05, 0) is 31.4 Å². The van der Waals surface area contributed by atoms with Gasteiger partial charge in [0.05, 0.1) is 6.26 Å². The topological polar surface area (TPSA) is 46.5 Å². The number of carbonyl (C=O) groups excluding carboxylic acids is 1. The average Bonchev–Trinajstić information content (AvgIpc) is 2.40. The van der Waals surface area contributed by atoms with Crippen LogP contribution in [0.1, 0.15) is 19.3 Å². The van der Waals surface area contributed by atoms with Gasteiger partial charge in [0.2, 0.25) is 0 Å². The summed E-state index contributed by atoms with van der Waals surface area (Å²) in [5, 5.41) is 9.16. The molecule has 0 atom stereocenters. The van der Waals surface area contributed by atoms with E-state index in [-0.39, 0.29) is 0 Å². The fourth-order valence-corrected chi connectivity index (χ4v) is 1.88. The first-order valence-electron chi connectivity index (χ1n) is 5.60. The molecule has 0 saturated heterocycles. The van der Waals surface area contributed by atoms with Gasteiger partial charge >= 0.3 is 0 Å². The van der Waals surface area contributed by atoms with Crippen molar-refractivity contribution >= 4 is 6.29 Å². The third-order valence-corrected chi connectivity index (χ3v) is 2.74. The van der Waals surface area contributed by atoms with Gasteiger partial charge in [-0.1, -0.05) is 18.2 Å². The zero-order valence-corrected chi connectivity index (χ0v) is 9.43. The molecule has 0 aliphatic heterocycles. The second-order valence-corrected chi connectivity index (χ2v) is 3.90. The van der Waals surface area contributed by atoms with E-state index in [4.69, 9.17) is 9.84 Å². The Morgan fingerprint density at radius 3 is 2.59 bits per heavy atom. The summed E-state index contributed by atoms with van der Waals surface area (Å²) in [6.45, 7) is 0. The van der Waals surface area contributed by atoms with Gasteiger partial charge < -0.3 is 9.84 Å². The molecular weight excluding hydrogens is 216 g/mol. The SMILES string of the molecule is O=CC1=C(Oc2ccccc2)C(=CO)CCC1. The molecule has 0 fully saturated rings. The Balaban J connectivity index is 2.32. The van der Waals surface area contributed by atoms with E-state index in [9.17, 15) is 4.79 Å². The van der Waals surface area contributed by atoms with Crippen LogP contribution < -0.4 is 4.74 Å². The maximum Gasteiger partial charge on any atom is 0.149 e. The van der Waals surface area contributed by atoms with Gasteiger partial charge in [0.15, 0.2) is 0 Å². The van der Waals surface area contributed by atoms with Crippen LogP contribution in [0.15, 0.2) is 53.5 Å². The van der Waals surface area contributed by atoms with E-state index in [2.05, 4.69) is 0 Å². The van der Waals surface area contributed by atoms with Crippen LogP contribution in [0.4, 0.5) is 0 Å². The van der Waals surface area contributed by atoms with E-state index in [0.717, 1.165) is 25.4 Å². The second kappa shape index (κ2) is 5.34. The summed E-state index contributed by atoms with van der Waals surface area (Å²) in [6.07, 6.45) is 4.13. The van der Waals surface area contributed by atoms with Crippen molar-refractivity contribution in [3.05, 3.63) is 53.5 Å². The number of carbonyl (C=O) groups is 1. The van der Waals surface area contributed by atoms with Crippen LogP contribution in [0.2, 0.25) is 0 Å². The van der Waals surface area contributed by atoms with Crippen LogP contribution in [-0.2, 0) is 4.79 Å². The number of allylic oxidation sites excluding steroid dienone is 2. The van der Waals surface area contributed by atoms with Crippen molar-refractivity contribution in [2.45, 2.75) is 19.3 Å². The number of aliphatic hydroxyl groups excluding tert-OH is 1. The number of para-hydroxylation sites is 1. The Morgan fingerprint density at radius 1 is 1.18 bits per heavy atom. The van der Waals surface area contributed by atoms with Crippen molar-refractivity contribution in [2.24, 2.45) is 0 Å². The molecular formula is C14H14O3. The number of aliphatic hydroxyl groups is 1. The van der Waals surface area contributed by atoms with Crippen molar-refractivity contribution < 1.29 is 14.6 Å². The molecule has 0 bridgehead atoms. The van der Waals surface area contributed by atoms with Gasteiger partial charge in [-0.15, -0.1) is 0 Å². The predicted octanol–water partition coefficient (Wildman–Crippen LogP) is 3.14. The van der Waals surface area contributed by atoms with Crippen LogP contribution in [0.5, 0.6) is 5.75 Å². The lowest BCUT2D eigenvalue weighted by Gasteiger charge is -2.19. The van der Waals surface area contributed by atoms with Crippen LogP contribution in [0.3, 0.4) is 0 Å². The number of ether oxygens (including phenoxy) is 1. The van der Waals surface area contributed by atoms with Gasteiger partial charge in [-0.2, -0.15) is 0 Å². The van der Waals surface area contributed by atoms with E-state index >= 15 is 0 Å². The molecule has 1 aliphatic rings. The van der Waals surface area contributed by atoms with E-state index in [1.807, 2.05) is 30.3 Å². The average molecular weight is 230 g/mol. The largest absolute Gasteiger partial charge is 0.515 e. The minimum atomic E-state index is 0.500. The molecule has 2 rings (SSSR count). The molecule has 0 radical (unpaired) electrons.